The lowest BCUT2D eigenvalue weighted by molar-refractivity contribution is 1.26. The molecule has 4 aromatic carbocycles. The highest BCUT2D eigenvalue weighted by Gasteiger charge is 2.22. The molecule has 0 saturated carbocycles. The Morgan fingerprint density at radius 1 is 0.548 bits per heavy atom. The Labute approximate surface area is 186 Å². The zero-order chi connectivity index (χ0) is 21.8. The third kappa shape index (κ3) is 4.39. The van der Waals surface area contributed by atoms with Crippen LogP contribution in [0, 0.1) is 13.8 Å². The van der Waals surface area contributed by atoms with Gasteiger partial charge in [0.2, 0.25) is 0 Å². The lowest BCUT2D eigenvalue weighted by Gasteiger charge is -2.14. The van der Waals surface area contributed by atoms with E-state index in [-0.39, 0.29) is 0 Å². The quantitative estimate of drug-likeness (QED) is 0.259. The third-order valence-corrected chi connectivity index (χ3v) is 5.94. The van der Waals surface area contributed by atoms with Gasteiger partial charge in [-0.15, -0.1) is 0 Å². The summed E-state index contributed by atoms with van der Waals surface area (Å²) < 4.78 is 0. The van der Waals surface area contributed by atoms with E-state index in [1.165, 1.54) is 55.6 Å². The fraction of sp³-hybridized carbons (Fsp3) is 0.161. The Hall–Kier alpha value is -3.38. The highest BCUT2D eigenvalue weighted by Crippen LogP contribution is 2.44. The van der Waals surface area contributed by atoms with Crippen molar-refractivity contribution in [2.75, 3.05) is 0 Å². The topological polar surface area (TPSA) is 0 Å². The molecule has 0 radical (unpaired) electrons. The number of hydrogen-bond acceptors (Lipinski definition) is 0. The summed E-state index contributed by atoms with van der Waals surface area (Å²) in [7, 11) is 0. The summed E-state index contributed by atoms with van der Waals surface area (Å²) in [4.78, 5) is 0. The highest BCUT2D eigenvalue weighted by molar-refractivity contribution is 5.89. The van der Waals surface area contributed by atoms with E-state index < -0.39 is 0 Å². The predicted octanol–water partition coefficient (Wildman–Crippen LogP) is 8.79. The van der Waals surface area contributed by atoms with Crippen molar-refractivity contribution < 1.29 is 0 Å². The molecule has 0 bridgehead atoms. The minimum absolute atomic E-state index is 1.02. The molecule has 154 valence electrons. The molecule has 31 heavy (non-hydrogen) atoms. The van der Waals surface area contributed by atoms with Crippen LogP contribution in [0.2, 0.25) is 0 Å². The molecular formula is C31H30. The van der Waals surface area contributed by atoms with Crippen LogP contribution in [0.4, 0.5) is 0 Å². The first kappa shape index (κ1) is 20.9. The fourth-order valence-electron chi connectivity index (χ4n) is 4.29. The summed E-state index contributed by atoms with van der Waals surface area (Å²) in [6.45, 7) is 8.33. The van der Waals surface area contributed by atoms with Gasteiger partial charge in [0.05, 0.1) is 0 Å². The van der Waals surface area contributed by atoms with Crippen LogP contribution in [-0.4, -0.2) is 0 Å². The van der Waals surface area contributed by atoms with Crippen LogP contribution in [0.1, 0.15) is 36.1 Å². The predicted molar refractivity (Wildman–Crippen MR) is 136 cm³/mol. The van der Waals surface area contributed by atoms with Gasteiger partial charge in [-0.05, 0) is 90.8 Å². The van der Waals surface area contributed by atoms with E-state index in [1.54, 1.807) is 0 Å². The van der Waals surface area contributed by atoms with Crippen molar-refractivity contribution in [3.63, 3.8) is 0 Å². The monoisotopic (exact) mass is 402 g/mol. The SMILES string of the molecule is C/C=C\C.Cc1cccc(-c2cc(-c3cccc(C)c3)c3c(c2)-c2ccccc2C3)c1. The van der Waals surface area contributed by atoms with Crippen LogP contribution in [0.3, 0.4) is 0 Å². The molecule has 0 heterocycles. The van der Waals surface area contributed by atoms with Crippen molar-refractivity contribution in [2.45, 2.75) is 34.1 Å². The maximum atomic E-state index is 2.38. The number of hydrogen-bond donors (Lipinski definition) is 0. The number of benzene rings is 4. The molecule has 1 aliphatic rings. The van der Waals surface area contributed by atoms with E-state index in [1.807, 2.05) is 26.0 Å². The zero-order valence-corrected chi connectivity index (χ0v) is 18.9. The first-order valence-electron chi connectivity index (χ1n) is 11.1. The summed E-state index contributed by atoms with van der Waals surface area (Å²) in [5, 5.41) is 0. The van der Waals surface area contributed by atoms with Gasteiger partial charge >= 0.3 is 0 Å². The van der Waals surface area contributed by atoms with Crippen LogP contribution in [0.15, 0.2) is 97.1 Å². The van der Waals surface area contributed by atoms with Crippen LogP contribution in [0.25, 0.3) is 33.4 Å². The van der Waals surface area contributed by atoms with Gasteiger partial charge in [0.25, 0.3) is 0 Å². The van der Waals surface area contributed by atoms with E-state index in [0.29, 0.717) is 0 Å². The van der Waals surface area contributed by atoms with Crippen molar-refractivity contribution in [1.29, 1.82) is 0 Å². The van der Waals surface area contributed by atoms with Crippen molar-refractivity contribution in [2.24, 2.45) is 0 Å². The molecule has 0 aromatic heterocycles. The summed E-state index contributed by atoms with van der Waals surface area (Å²) >= 11 is 0. The van der Waals surface area contributed by atoms with Crippen LogP contribution >= 0.6 is 0 Å². The van der Waals surface area contributed by atoms with E-state index in [2.05, 4.69) is 98.8 Å². The molecule has 0 saturated heterocycles. The highest BCUT2D eigenvalue weighted by atomic mass is 14.3. The summed E-state index contributed by atoms with van der Waals surface area (Å²) in [6.07, 6.45) is 5.02. The van der Waals surface area contributed by atoms with E-state index in [0.717, 1.165) is 6.42 Å². The number of fused-ring (bicyclic) bond motifs is 3. The second-order valence-corrected chi connectivity index (χ2v) is 8.29. The van der Waals surface area contributed by atoms with Gasteiger partial charge in [0.15, 0.2) is 0 Å². The average molecular weight is 403 g/mol. The molecule has 0 unspecified atom stereocenters. The Morgan fingerprint density at radius 3 is 1.84 bits per heavy atom. The zero-order valence-electron chi connectivity index (χ0n) is 18.9. The Kier molecular flexibility index (Phi) is 6.18. The second kappa shape index (κ2) is 9.18. The van der Waals surface area contributed by atoms with Gasteiger partial charge < -0.3 is 0 Å². The molecule has 0 N–H and O–H groups in total. The van der Waals surface area contributed by atoms with E-state index >= 15 is 0 Å². The second-order valence-electron chi connectivity index (χ2n) is 8.29. The smallest absolute Gasteiger partial charge is 0.000728 e. The molecule has 0 heteroatoms. The van der Waals surface area contributed by atoms with Gasteiger partial charge in [-0.3, -0.25) is 0 Å². The average Bonchev–Trinajstić information content (AvgIpc) is 3.17. The van der Waals surface area contributed by atoms with Crippen molar-refractivity contribution in [3.05, 3.63) is 119 Å². The van der Waals surface area contributed by atoms with E-state index in [4.69, 9.17) is 0 Å². The number of allylic oxidation sites excluding steroid dienone is 2. The molecular weight excluding hydrogens is 372 g/mol. The first-order valence-corrected chi connectivity index (χ1v) is 11.1. The van der Waals surface area contributed by atoms with Crippen LogP contribution < -0.4 is 0 Å². The van der Waals surface area contributed by atoms with E-state index in [9.17, 15) is 0 Å². The van der Waals surface area contributed by atoms with Gasteiger partial charge in [-0.25, -0.2) is 0 Å². The van der Waals surface area contributed by atoms with Crippen molar-refractivity contribution in [1.82, 2.24) is 0 Å². The number of aryl methyl sites for hydroxylation is 2. The van der Waals surface area contributed by atoms with Crippen LogP contribution in [0.5, 0.6) is 0 Å². The molecule has 0 amide bonds. The van der Waals surface area contributed by atoms with Crippen LogP contribution in [-0.2, 0) is 6.42 Å². The summed E-state index contributed by atoms with van der Waals surface area (Å²) in [5.74, 6) is 0. The molecule has 0 atom stereocenters. The minimum atomic E-state index is 1.02. The van der Waals surface area contributed by atoms with Gasteiger partial charge in [-0.2, -0.15) is 0 Å². The normalized spacial score (nSPS) is 11.6. The lowest BCUT2D eigenvalue weighted by Crippen LogP contribution is -1.91. The Morgan fingerprint density at radius 2 is 1.16 bits per heavy atom. The molecule has 1 aliphatic carbocycles. The standard InChI is InChI=1S/C27H22.C4H8/c1-18-7-5-10-20(13-18)23-16-25(21-11-6-8-19(2)14-21)27-15-22-9-3-4-12-24(22)26(27)17-23;1-3-4-2/h3-14,16-17H,15H2,1-2H3;3-4H,1-2H3/b;4-3-. The maximum absolute atomic E-state index is 2.38. The summed E-state index contributed by atoms with van der Waals surface area (Å²) in [5.41, 5.74) is 13.5. The Balaban J connectivity index is 0.000000535. The molecule has 4 aromatic rings. The fourth-order valence-corrected chi connectivity index (χ4v) is 4.29. The minimum Gasteiger partial charge on any atom is -0.0919 e. The molecule has 0 fully saturated rings. The van der Waals surface area contributed by atoms with Crippen molar-refractivity contribution >= 4 is 0 Å². The molecule has 0 nitrogen and oxygen atoms in total. The molecule has 0 spiro atoms. The largest absolute Gasteiger partial charge is 0.0919 e. The first-order chi connectivity index (χ1) is 15.1. The number of rotatable bonds is 2. The lowest BCUT2D eigenvalue weighted by atomic mass is 9.90. The van der Waals surface area contributed by atoms with Gasteiger partial charge in [0.1, 0.15) is 0 Å². The van der Waals surface area contributed by atoms with Crippen molar-refractivity contribution in [3.8, 4) is 33.4 Å². The summed E-state index contributed by atoms with van der Waals surface area (Å²) in [6, 6.07) is 31.3. The van der Waals surface area contributed by atoms with Gasteiger partial charge in [-0.1, -0.05) is 96.1 Å². The van der Waals surface area contributed by atoms with Gasteiger partial charge in [0, 0.05) is 0 Å². The molecule has 0 aliphatic heterocycles. The maximum Gasteiger partial charge on any atom is -0.000728 e. The molecule has 5 rings (SSSR count). The Bertz CT molecular complexity index is 1240. The third-order valence-electron chi connectivity index (χ3n) is 5.94.